The van der Waals surface area contributed by atoms with Crippen LogP contribution in [0.2, 0.25) is 0 Å². The molecule has 0 heterocycles. The Balaban J connectivity index is -0.000000403. The van der Waals surface area contributed by atoms with E-state index in [1.54, 1.807) is 0 Å². The molecule has 0 atom stereocenters. The maximum absolute atomic E-state index is 4.94. The van der Waals surface area contributed by atoms with E-state index in [1.165, 1.54) is 12.3 Å². The van der Waals surface area contributed by atoms with Gasteiger partial charge in [-0.25, -0.2) is 0 Å². The molecule has 0 rings (SSSR count). The van der Waals surface area contributed by atoms with Gasteiger partial charge in [0.1, 0.15) is 0 Å². The minimum absolute atomic E-state index is 0. The van der Waals surface area contributed by atoms with Gasteiger partial charge in [-0.05, 0) is 20.6 Å². The van der Waals surface area contributed by atoms with E-state index < -0.39 is 0 Å². The molecule has 0 unspecified atom stereocenters. The largest absolute Gasteiger partial charge is 4.00 e. The summed E-state index contributed by atoms with van der Waals surface area (Å²) in [6, 6.07) is 0. The summed E-state index contributed by atoms with van der Waals surface area (Å²) in [5, 5.41) is 6.63. The zero-order chi connectivity index (χ0) is 18.7. The Labute approximate surface area is 174 Å². The Hall–Kier alpha value is 1.44. The Morgan fingerprint density at radius 3 is 0.917 bits per heavy atom. The van der Waals surface area contributed by atoms with Gasteiger partial charge in [-0.3, -0.25) is 0 Å². The van der Waals surface area contributed by atoms with Crippen molar-refractivity contribution < 1.29 is 23.8 Å². The maximum Gasteiger partial charge on any atom is 4.00 e. The molecule has 0 aliphatic rings. The molecule has 0 aromatic carbocycles. The number of rotatable bonds is 6. The molecule has 0 saturated heterocycles. The summed E-state index contributed by atoms with van der Waals surface area (Å²) < 4.78 is 0. The molecule has 24 heavy (non-hydrogen) atoms. The molecule has 150 valence electrons. The summed E-state index contributed by atoms with van der Waals surface area (Å²) in [4.78, 5) is 0. The van der Waals surface area contributed by atoms with Crippen molar-refractivity contribution in [2.45, 2.75) is 104 Å². The Bertz CT molecular complexity index is 294. The second-order valence-electron chi connectivity index (χ2n) is 10.7. The van der Waals surface area contributed by atoms with Gasteiger partial charge in [-0.2, -0.15) is 0 Å². The van der Waals surface area contributed by atoms with Crippen LogP contribution in [-0.2, 0) is 19.5 Å². The molecular weight excluding hydrogens is 417 g/mol. The van der Waals surface area contributed by atoms with E-state index >= 15 is 0 Å². The molecule has 0 radical (unpaired) electrons. The Morgan fingerprint density at radius 2 is 0.750 bits per heavy atom. The van der Waals surface area contributed by atoms with E-state index in [0.29, 0.717) is 20.6 Å². The van der Waals surface area contributed by atoms with Gasteiger partial charge in [-0.15, -0.1) is 13.1 Å². The molecule has 0 aliphatic carbocycles. The first-order valence-electron chi connectivity index (χ1n) is 9.16. The molecule has 0 fully saturated rings. The van der Waals surface area contributed by atoms with Crippen molar-refractivity contribution in [1.82, 2.24) is 0 Å². The average molecular weight is 465 g/mol. The van der Waals surface area contributed by atoms with Gasteiger partial charge in [0.05, 0.1) is 0 Å². The summed E-state index contributed by atoms with van der Waals surface area (Å²) in [6.07, 6.45) is 2.57. The van der Waals surface area contributed by atoms with Crippen molar-refractivity contribution in [2.75, 3.05) is 25.4 Å². The fraction of sp³-hybridized carbons (Fsp3) is 1.00. The van der Waals surface area contributed by atoms with Crippen LogP contribution in [0, 0.1) is 0 Å². The zero-order valence-corrected chi connectivity index (χ0v) is 22.1. The SMILES string of the molecule is CC(C)(C)P(CC[N-]CCP(C(C)(C)C)C(C)(C)C)C(C)(C)C.[H-].[H-].[H-].[Ru+4]. The van der Waals surface area contributed by atoms with Crippen LogP contribution in [0.4, 0.5) is 0 Å². The van der Waals surface area contributed by atoms with Gasteiger partial charge < -0.3 is 9.60 Å². The zero-order valence-electron chi connectivity index (χ0n) is 21.5. The van der Waals surface area contributed by atoms with Crippen LogP contribution in [0.3, 0.4) is 0 Å². The fourth-order valence-electron chi connectivity index (χ4n) is 3.81. The first-order valence-corrected chi connectivity index (χ1v) is 12.2. The first kappa shape index (κ1) is 27.7. The van der Waals surface area contributed by atoms with Crippen LogP contribution < -0.4 is 0 Å². The van der Waals surface area contributed by atoms with E-state index in [2.05, 4.69) is 83.1 Å². The summed E-state index contributed by atoms with van der Waals surface area (Å²) in [6.45, 7) is 31.0. The van der Waals surface area contributed by atoms with E-state index in [4.69, 9.17) is 5.32 Å². The van der Waals surface area contributed by atoms with Gasteiger partial charge in [0.25, 0.3) is 0 Å². The third-order valence-electron chi connectivity index (χ3n) is 4.20. The molecular formula is C20H47NP2Ru. The molecule has 0 aromatic heterocycles. The molecule has 0 aliphatic heterocycles. The molecule has 0 saturated carbocycles. The summed E-state index contributed by atoms with van der Waals surface area (Å²) in [5.41, 5.74) is 0. The van der Waals surface area contributed by atoms with Crippen molar-refractivity contribution in [3.05, 3.63) is 5.32 Å². The molecule has 0 amide bonds. The predicted molar refractivity (Wildman–Crippen MR) is 119 cm³/mol. The van der Waals surface area contributed by atoms with Gasteiger partial charge in [0.2, 0.25) is 0 Å². The molecule has 4 heteroatoms. The van der Waals surface area contributed by atoms with Crippen LogP contribution in [0.1, 0.15) is 87.4 Å². The fourth-order valence-corrected chi connectivity index (χ4v) is 11.2. The molecule has 0 bridgehead atoms. The van der Waals surface area contributed by atoms with Gasteiger partial charge in [-0.1, -0.05) is 111 Å². The number of hydrogen-bond donors (Lipinski definition) is 0. The van der Waals surface area contributed by atoms with E-state index in [0.717, 1.165) is 13.1 Å². The van der Waals surface area contributed by atoms with Crippen LogP contribution in [0.15, 0.2) is 0 Å². The first-order chi connectivity index (χ1) is 9.97. The topological polar surface area (TPSA) is 14.1 Å². The van der Waals surface area contributed by atoms with Crippen LogP contribution in [-0.4, -0.2) is 46.0 Å². The minimum Gasteiger partial charge on any atom is -1.00 e. The van der Waals surface area contributed by atoms with E-state index in [-0.39, 0.29) is 39.6 Å². The van der Waals surface area contributed by atoms with Crippen molar-refractivity contribution in [3.63, 3.8) is 0 Å². The van der Waals surface area contributed by atoms with Crippen molar-refractivity contribution >= 4 is 15.8 Å². The maximum atomic E-state index is 4.94. The second-order valence-corrected chi connectivity index (χ2v) is 18.6. The van der Waals surface area contributed by atoms with Crippen molar-refractivity contribution in [3.8, 4) is 0 Å². The van der Waals surface area contributed by atoms with Crippen LogP contribution in [0.25, 0.3) is 5.32 Å². The molecule has 0 aromatic rings. The average Bonchev–Trinajstić information content (AvgIpc) is 2.19. The third kappa shape index (κ3) is 10.6. The second kappa shape index (κ2) is 10.1. The summed E-state index contributed by atoms with van der Waals surface area (Å²) >= 11 is 0. The standard InChI is InChI=1S/C20H44NP2.Ru.3H/c1-17(2,3)22(18(4,5)6)15-13-21-14-16-23(19(7,8)9)20(10,11)12;;;;/h13-16H2,1-12H3;;;;/q-1;+4;3*-1. The smallest absolute Gasteiger partial charge is 1.00 e. The summed E-state index contributed by atoms with van der Waals surface area (Å²) in [7, 11) is -0.0166. The third-order valence-corrected chi connectivity index (χ3v) is 12.0. The van der Waals surface area contributed by atoms with E-state index in [9.17, 15) is 0 Å². The Morgan fingerprint density at radius 1 is 0.542 bits per heavy atom. The monoisotopic (exact) mass is 465 g/mol. The number of nitrogens with zero attached hydrogens (tertiary/aromatic N) is 1. The van der Waals surface area contributed by atoms with Crippen molar-refractivity contribution in [1.29, 1.82) is 0 Å². The quantitative estimate of drug-likeness (QED) is 0.216. The van der Waals surface area contributed by atoms with Gasteiger partial charge in [0, 0.05) is 0 Å². The van der Waals surface area contributed by atoms with Crippen LogP contribution >= 0.6 is 15.8 Å². The van der Waals surface area contributed by atoms with Crippen LogP contribution in [0.5, 0.6) is 0 Å². The Kier molecular flexibility index (Phi) is 11.7. The molecule has 1 nitrogen and oxygen atoms in total. The minimum atomic E-state index is -0.00830. The summed E-state index contributed by atoms with van der Waals surface area (Å²) in [5.74, 6) is 0. The predicted octanol–water partition coefficient (Wildman–Crippen LogP) is 7.85. The molecule has 0 spiro atoms. The van der Waals surface area contributed by atoms with E-state index in [1.807, 2.05) is 0 Å². The number of hydrogen-bond acceptors (Lipinski definition) is 0. The van der Waals surface area contributed by atoms with Gasteiger partial charge >= 0.3 is 19.5 Å². The molecule has 0 N–H and O–H groups in total. The normalized spacial score (nSPS) is 14.2. The van der Waals surface area contributed by atoms with Crippen molar-refractivity contribution in [2.24, 2.45) is 0 Å². The van der Waals surface area contributed by atoms with Gasteiger partial charge in [0.15, 0.2) is 0 Å².